The Bertz CT molecular complexity index is 239. The van der Waals surface area contributed by atoms with Gasteiger partial charge in [-0.05, 0) is 38.3 Å². The molecule has 2 fully saturated rings. The first kappa shape index (κ1) is 11.9. The highest BCUT2D eigenvalue weighted by Gasteiger charge is 2.27. The number of piperidine rings is 1. The Morgan fingerprint density at radius 3 is 2.75 bits per heavy atom. The van der Waals surface area contributed by atoms with Gasteiger partial charge in [0.1, 0.15) is 0 Å². The number of amides is 1. The summed E-state index contributed by atoms with van der Waals surface area (Å²) in [5.41, 5.74) is 0. The zero-order valence-corrected chi connectivity index (χ0v) is 10.1. The van der Waals surface area contributed by atoms with Crippen molar-refractivity contribution in [2.45, 2.75) is 31.8 Å². The number of carbonyl (C=O) groups excluding carboxylic acids is 1. The molecular formula is C12H22N2O2. The fourth-order valence-corrected chi connectivity index (χ4v) is 2.61. The number of hydrogen-bond acceptors (Lipinski definition) is 3. The van der Waals surface area contributed by atoms with Crippen LogP contribution in [-0.4, -0.2) is 50.2 Å². The van der Waals surface area contributed by atoms with Crippen molar-refractivity contribution in [1.29, 1.82) is 0 Å². The third kappa shape index (κ3) is 2.95. The second-order valence-corrected chi connectivity index (χ2v) is 4.88. The standard InChI is InChI=1S/C12H22N2O2/c1-16-11-4-7-14(9-11)12(15)8-10-2-5-13-6-3-10/h10-11,13H,2-9H2,1H3/t11-/m0/s1. The fourth-order valence-electron chi connectivity index (χ4n) is 2.61. The van der Waals surface area contributed by atoms with Crippen LogP contribution >= 0.6 is 0 Å². The van der Waals surface area contributed by atoms with E-state index in [0.29, 0.717) is 11.8 Å². The number of rotatable bonds is 3. The normalized spacial score (nSPS) is 27.3. The summed E-state index contributed by atoms with van der Waals surface area (Å²) in [5.74, 6) is 0.918. The first-order valence-electron chi connectivity index (χ1n) is 6.31. The quantitative estimate of drug-likeness (QED) is 0.767. The van der Waals surface area contributed by atoms with Crippen LogP contribution in [0.2, 0.25) is 0 Å². The van der Waals surface area contributed by atoms with Crippen molar-refractivity contribution in [3.05, 3.63) is 0 Å². The maximum atomic E-state index is 12.0. The minimum atomic E-state index is 0.261. The van der Waals surface area contributed by atoms with Gasteiger partial charge in [-0.1, -0.05) is 0 Å². The molecule has 0 bridgehead atoms. The molecule has 16 heavy (non-hydrogen) atoms. The zero-order chi connectivity index (χ0) is 11.4. The van der Waals surface area contributed by atoms with Gasteiger partial charge in [-0.2, -0.15) is 0 Å². The molecule has 2 aliphatic rings. The first-order chi connectivity index (χ1) is 7.79. The molecule has 0 radical (unpaired) electrons. The van der Waals surface area contributed by atoms with Gasteiger partial charge in [0.2, 0.25) is 5.91 Å². The highest BCUT2D eigenvalue weighted by molar-refractivity contribution is 5.76. The van der Waals surface area contributed by atoms with E-state index in [-0.39, 0.29) is 6.10 Å². The Hall–Kier alpha value is -0.610. The van der Waals surface area contributed by atoms with Gasteiger partial charge in [0.05, 0.1) is 6.10 Å². The fraction of sp³-hybridized carbons (Fsp3) is 0.917. The van der Waals surface area contributed by atoms with Crippen molar-refractivity contribution in [1.82, 2.24) is 10.2 Å². The lowest BCUT2D eigenvalue weighted by Crippen LogP contribution is -2.34. The van der Waals surface area contributed by atoms with E-state index in [2.05, 4.69) is 5.32 Å². The first-order valence-corrected chi connectivity index (χ1v) is 6.31. The number of nitrogens with zero attached hydrogens (tertiary/aromatic N) is 1. The Kier molecular flexibility index (Phi) is 4.18. The molecule has 2 heterocycles. The van der Waals surface area contributed by atoms with Crippen LogP contribution in [0.4, 0.5) is 0 Å². The second kappa shape index (κ2) is 5.64. The molecule has 1 atom stereocenters. The summed E-state index contributed by atoms with van der Waals surface area (Å²) in [6.45, 7) is 3.81. The van der Waals surface area contributed by atoms with Crippen LogP contribution in [0.3, 0.4) is 0 Å². The van der Waals surface area contributed by atoms with Crippen molar-refractivity contribution < 1.29 is 9.53 Å². The van der Waals surface area contributed by atoms with Gasteiger partial charge >= 0.3 is 0 Å². The van der Waals surface area contributed by atoms with Crippen molar-refractivity contribution in [2.24, 2.45) is 5.92 Å². The molecule has 92 valence electrons. The van der Waals surface area contributed by atoms with Gasteiger partial charge in [-0.25, -0.2) is 0 Å². The van der Waals surface area contributed by atoms with Crippen molar-refractivity contribution in [2.75, 3.05) is 33.3 Å². The van der Waals surface area contributed by atoms with E-state index in [0.717, 1.165) is 51.9 Å². The smallest absolute Gasteiger partial charge is 0.222 e. The number of nitrogens with one attached hydrogen (secondary N) is 1. The van der Waals surface area contributed by atoms with Crippen LogP contribution in [0, 0.1) is 5.92 Å². The molecule has 0 aliphatic carbocycles. The van der Waals surface area contributed by atoms with E-state index >= 15 is 0 Å². The summed E-state index contributed by atoms with van der Waals surface area (Å²) in [6, 6.07) is 0. The van der Waals surface area contributed by atoms with Crippen molar-refractivity contribution >= 4 is 5.91 Å². The Morgan fingerprint density at radius 2 is 2.12 bits per heavy atom. The minimum Gasteiger partial charge on any atom is -0.380 e. The predicted octanol–water partition coefficient (Wildman–Crippen LogP) is 0.623. The van der Waals surface area contributed by atoms with E-state index in [4.69, 9.17) is 4.74 Å². The van der Waals surface area contributed by atoms with Gasteiger partial charge in [0.25, 0.3) is 0 Å². The molecule has 1 N–H and O–H groups in total. The molecule has 0 saturated carbocycles. The van der Waals surface area contributed by atoms with E-state index in [1.54, 1.807) is 7.11 Å². The van der Waals surface area contributed by atoms with Gasteiger partial charge in [-0.15, -0.1) is 0 Å². The third-order valence-corrected chi connectivity index (χ3v) is 3.75. The molecule has 2 rings (SSSR count). The number of ether oxygens (including phenoxy) is 1. The van der Waals surface area contributed by atoms with Gasteiger partial charge in [0.15, 0.2) is 0 Å². The molecule has 0 aromatic carbocycles. The Morgan fingerprint density at radius 1 is 1.38 bits per heavy atom. The van der Waals surface area contributed by atoms with E-state index in [1.807, 2.05) is 4.90 Å². The SMILES string of the molecule is CO[C@H]1CCN(C(=O)CC2CCNCC2)C1. The summed E-state index contributed by atoms with van der Waals surface area (Å²) in [7, 11) is 1.73. The van der Waals surface area contributed by atoms with Crippen molar-refractivity contribution in [3.63, 3.8) is 0 Å². The zero-order valence-electron chi connectivity index (χ0n) is 10.1. The van der Waals surface area contributed by atoms with E-state index in [1.165, 1.54) is 0 Å². The van der Waals surface area contributed by atoms with Crippen LogP contribution < -0.4 is 5.32 Å². The summed E-state index contributed by atoms with van der Waals surface area (Å²) >= 11 is 0. The van der Waals surface area contributed by atoms with Gasteiger partial charge in [0, 0.05) is 26.6 Å². The monoisotopic (exact) mass is 226 g/mol. The number of hydrogen-bond donors (Lipinski definition) is 1. The molecule has 2 aliphatic heterocycles. The summed E-state index contributed by atoms with van der Waals surface area (Å²) in [6.07, 6.45) is 4.28. The predicted molar refractivity (Wildman–Crippen MR) is 62.2 cm³/mol. The van der Waals surface area contributed by atoms with Gasteiger partial charge in [-0.3, -0.25) is 4.79 Å². The maximum Gasteiger partial charge on any atom is 0.222 e. The minimum absolute atomic E-state index is 0.261. The molecule has 0 spiro atoms. The van der Waals surface area contributed by atoms with Crippen LogP contribution in [0.15, 0.2) is 0 Å². The average molecular weight is 226 g/mol. The van der Waals surface area contributed by atoms with Crippen LogP contribution in [0.1, 0.15) is 25.7 Å². The maximum absolute atomic E-state index is 12.0. The molecule has 0 unspecified atom stereocenters. The topological polar surface area (TPSA) is 41.6 Å². The third-order valence-electron chi connectivity index (χ3n) is 3.75. The number of carbonyl (C=O) groups is 1. The second-order valence-electron chi connectivity index (χ2n) is 4.88. The lowest BCUT2D eigenvalue weighted by molar-refractivity contribution is -0.131. The Labute approximate surface area is 97.3 Å². The number of methoxy groups -OCH3 is 1. The van der Waals surface area contributed by atoms with Crippen LogP contribution in [-0.2, 0) is 9.53 Å². The molecule has 0 aromatic rings. The average Bonchev–Trinajstić information content (AvgIpc) is 2.79. The van der Waals surface area contributed by atoms with Crippen molar-refractivity contribution in [3.8, 4) is 0 Å². The largest absolute Gasteiger partial charge is 0.380 e. The van der Waals surface area contributed by atoms with Gasteiger partial charge < -0.3 is 15.0 Å². The van der Waals surface area contributed by atoms with E-state index < -0.39 is 0 Å². The molecular weight excluding hydrogens is 204 g/mol. The molecule has 0 aromatic heterocycles. The van der Waals surface area contributed by atoms with Crippen LogP contribution in [0.25, 0.3) is 0 Å². The summed E-state index contributed by atoms with van der Waals surface area (Å²) in [4.78, 5) is 14.0. The molecule has 4 nitrogen and oxygen atoms in total. The molecule has 1 amide bonds. The summed E-state index contributed by atoms with van der Waals surface area (Å²) < 4.78 is 5.28. The lowest BCUT2D eigenvalue weighted by Gasteiger charge is -2.24. The van der Waals surface area contributed by atoms with E-state index in [9.17, 15) is 4.79 Å². The van der Waals surface area contributed by atoms with Crippen LogP contribution in [0.5, 0.6) is 0 Å². The molecule has 2 saturated heterocycles. The Balaban J connectivity index is 1.75. The highest BCUT2D eigenvalue weighted by Crippen LogP contribution is 2.20. The highest BCUT2D eigenvalue weighted by atomic mass is 16.5. The molecule has 4 heteroatoms. The summed E-state index contributed by atoms with van der Waals surface area (Å²) in [5, 5.41) is 3.33. The number of likely N-dealkylation sites (tertiary alicyclic amines) is 1. The lowest BCUT2D eigenvalue weighted by atomic mass is 9.94.